The lowest BCUT2D eigenvalue weighted by molar-refractivity contribution is 0.419. The van der Waals surface area contributed by atoms with Gasteiger partial charge in [0.1, 0.15) is 0 Å². The van der Waals surface area contributed by atoms with Crippen molar-refractivity contribution >= 4 is 11.3 Å². The Morgan fingerprint density at radius 3 is 2.89 bits per heavy atom. The molecule has 0 radical (unpaired) electrons. The molecule has 2 N–H and O–H groups in total. The van der Waals surface area contributed by atoms with Crippen molar-refractivity contribution in [2.45, 2.75) is 44.6 Å². The number of benzene rings is 1. The van der Waals surface area contributed by atoms with Gasteiger partial charge in [0.2, 0.25) is 0 Å². The molecular weight excluding hydrogens is 252 g/mol. The average molecular weight is 272 g/mol. The summed E-state index contributed by atoms with van der Waals surface area (Å²) in [5.74, 6) is 0.772. The van der Waals surface area contributed by atoms with Crippen molar-refractivity contribution in [1.29, 1.82) is 0 Å². The molecule has 1 aliphatic rings. The highest BCUT2D eigenvalue weighted by atomic mass is 32.1. The molecule has 0 spiro atoms. The first-order valence-electron chi connectivity index (χ1n) is 6.99. The second-order valence-electron chi connectivity index (χ2n) is 5.49. The van der Waals surface area contributed by atoms with Crippen LogP contribution < -0.4 is 5.73 Å². The summed E-state index contributed by atoms with van der Waals surface area (Å²) in [5.41, 5.74) is 10.1. The van der Waals surface area contributed by atoms with Gasteiger partial charge in [-0.05, 0) is 36.8 Å². The number of aryl methyl sites for hydroxylation is 1. The standard InChI is InChI=1S/C16H20N2S/c1-11-10-19-16(18-11)9-15(17)14-7-3-6-13(8-14)12-4-2-5-12/h3,6-8,10,12,15H,2,4-5,9,17H2,1H3. The van der Waals surface area contributed by atoms with E-state index in [1.807, 2.05) is 6.92 Å². The number of hydrogen-bond acceptors (Lipinski definition) is 3. The largest absolute Gasteiger partial charge is 0.324 e. The van der Waals surface area contributed by atoms with Crippen LogP contribution in [0.5, 0.6) is 0 Å². The van der Waals surface area contributed by atoms with Crippen LogP contribution in [-0.4, -0.2) is 4.98 Å². The second kappa shape index (κ2) is 5.43. The van der Waals surface area contributed by atoms with Crippen molar-refractivity contribution in [3.05, 3.63) is 51.5 Å². The van der Waals surface area contributed by atoms with E-state index in [4.69, 9.17) is 5.73 Å². The Hall–Kier alpha value is -1.19. The van der Waals surface area contributed by atoms with Gasteiger partial charge in [0.15, 0.2) is 0 Å². The third kappa shape index (κ3) is 2.88. The predicted octanol–water partition coefficient (Wildman–Crippen LogP) is 3.96. The number of nitrogens with zero attached hydrogens (tertiary/aromatic N) is 1. The van der Waals surface area contributed by atoms with Gasteiger partial charge in [0.05, 0.1) is 5.01 Å². The zero-order chi connectivity index (χ0) is 13.2. The molecule has 1 aromatic heterocycles. The van der Waals surface area contributed by atoms with Crippen LogP contribution in [0.4, 0.5) is 0 Å². The monoisotopic (exact) mass is 272 g/mol. The normalized spacial score (nSPS) is 17.2. The highest BCUT2D eigenvalue weighted by Crippen LogP contribution is 2.37. The maximum absolute atomic E-state index is 6.33. The molecule has 0 bridgehead atoms. The van der Waals surface area contributed by atoms with Gasteiger partial charge in [-0.1, -0.05) is 30.7 Å². The van der Waals surface area contributed by atoms with Crippen molar-refractivity contribution in [2.24, 2.45) is 5.73 Å². The molecular formula is C16H20N2S. The molecule has 19 heavy (non-hydrogen) atoms. The van der Waals surface area contributed by atoms with Crippen LogP contribution in [0.3, 0.4) is 0 Å². The van der Waals surface area contributed by atoms with Crippen molar-refractivity contribution < 1.29 is 0 Å². The van der Waals surface area contributed by atoms with Crippen LogP contribution in [0.15, 0.2) is 29.6 Å². The summed E-state index contributed by atoms with van der Waals surface area (Å²) in [6, 6.07) is 8.90. The molecule has 0 saturated heterocycles. The van der Waals surface area contributed by atoms with Crippen molar-refractivity contribution in [1.82, 2.24) is 4.98 Å². The molecule has 3 heteroatoms. The van der Waals surface area contributed by atoms with E-state index in [2.05, 4.69) is 34.6 Å². The lowest BCUT2D eigenvalue weighted by atomic mass is 9.79. The number of aromatic nitrogens is 1. The van der Waals surface area contributed by atoms with E-state index in [-0.39, 0.29) is 6.04 Å². The molecule has 100 valence electrons. The maximum Gasteiger partial charge on any atom is 0.0947 e. The molecule has 1 atom stereocenters. The summed E-state index contributed by atoms with van der Waals surface area (Å²) in [4.78, 5) is 4.50. The summed E-state index contributed by atoms with van der Waals surface area (Å²) < 4.78 is 0. The maximum atomic E-state index is 6.33. The Kier molecular flexibility index (Phi) is 3.67. The summed E-state index contributed by atoms with van der Waals surface area (Å²) in [5, 5.41) is 3.23. The Labute approximate surface area is 118 Å². The van der Waals surface area contributed by atoms with Gasteiger partial charge in [-0.15, -0.1) is 11.3 Å². The Morgan fingerprint density at radius 2 is 2.26 bits per heavy atom. The van der Waals surface area contributed by atoms with Crippen LogP contribution in [0.25, 0.3) is 0 Å². The zero-order valence-electron chi connectivity index (χ0n) is 11.3. The number of rotatable bonds is 4. The lowest BCUT2D eigenvalue weighted by Gasteiger charge is -2.26. The van der Waals surface area contributed by atoms with Crippen LogP contribution in [0.1, 0.15) is 53.1 Å². The topological polar surface area (TPSA) is 38.9 Å². The minimum atomic E-state index is 0.0607. The van der Waals surface area contributed by atoms with E-state index >= 15 is 0 Å². The van der Waals surface area contributed by atoms with Gasteiger partial charge in [-0.25, -0.2) is 4.98 Å². The van der Waals surface area contributed by atoms with Gasteiger partial charge in [-0.2, -0.15) is 0 Å². The molecule has 2 nitrogen and oxygen atoms in total. The quantitative estimate of drug-likeness (QED) is 0.915. The van der Waals surface area contributed by atoms with Gasteiger partial charge in [0.25, 0.3) is 0 Å². The molecule has 0 amide bonds. The molecule has 1 fully saturated rings. The van der Waals surface area contributed by atoms with Gasteiger partial charge >= 0.3 is 0 Å². The fourth-order valence-corrected chi connectivity index (χ4v) is 3.42. The second-order valence-corrected chi connectivity index (χ2v) is 6.43. The SMILES string of the molecule is Cc1csc(CC(N)c2cccc(C3CCC3)c2)n1. The number of nitrogens with two attached hydrogens (primary N) is 1. The summed E-state index contributed by atoms with van der Waals surface area (Å²) in [7, 11) is 0. The van der Waals surface area contributed by atoms with Crippen molar-refractivity contribution in [3.8, 4) is 0 Å². The van der Waals surface area contributed by atoms with E-state index in [1.54, 1.807) is 11.3 Å². The molecule has 1 aliphatic carbocycles. The summed E-state index contributed by atoms with van der Waals surface area (Å²) in [6.07, 6.45) is 4.89. The first kappa shape index (κ1) is 12.8. The fourth-order valence-electron chi connectivity index (χ4n) is 2.59. The van der Waals surface area contributed by atoms with E-state index in [1.165, 1.54) is 30.4 Å². The van der Waals surface area contributed by atoms with Crippen LogP contribution >= 0.6 is 11.3 Å². The Balaban J connectivity index is 1.73. The number of thiazole rings is 1. The van der Waals surface area contributed by atoms with E-state index in [0.717, 1.165) is 23.0 Å². The smallest absolute Gasteiger partial charge is 0.0947 e. The summed E-state index contributed by atoms with van der Waals surface area (Å²) in [6.45, 7) is 2.03. The average Bonchev–Trinajstić information content (AvgIpc) is 2.73. The van der Waals surface area contributed by atoms with Crippen molar-refractivity contribution in [3.63, 3.8) is 0 Å². The Bertz CT molecular complexity index is 557. The predicted molar refractivity (Wildman–Crippen MR) is 80.5 cm³/mol. The minimum absolute atomic E-state index is 0.0607. The lowest BCUT2D eigenvalue weighted by Crippen LogP contribution is -2.15. The minimum Gasteiger partial charge on any atom is -0.324 e. The molecule has 1 saturated carbocycles. The zero-order valence-corrected chi connectivity index (χ0v) is 12.1. The van der Waals surface area contributed by atoms with E-state index in [9.17, 15) is 0 Å². The molecule has 1 unspecified atom stereocenters. The van der Waals surface area contributed by atoms with Crippen molar-refractivity contribution in [2.75, 3.05) is 0 Å². The highest BCUT2D eigenvalue weighted by molar-refractivity contribution is 7.09. The first-order valence-corrected chi connectivity index (χ1v) is 7.87. The molecule has 3 rings (SSSR count). The molecule has 1 heterocycles. The van der Waals surface area contributed by atoms with Gasteiger partial charge in [-0.3, -0.25) is 0 Å². The molecule has 2 aromatic rings. The summed E-state index contributed by atoms with van der Waals surface area (Å²) >= 11 is 1.71. The highest BCUT2D eigenvalue weighted by Gasteiger charge is 2.20. The van der Waals surface area contributed by atoms with Gasteiger partial charge in [0, 0.05) is 23.5 Å². The molecule has 1 aromatic carbocycles. The van der Waals surface area contributed by atoms with E-state index < -0.39 is 0 Å². The number of hydrogen-bond donors (Lipinski definition) is 1. The van der Waals surface area contributed by atoms with Gasteiger partial charge < -0.3 is 5.73 Å². The first-order chi connectivity index (χ1) is 9.22. The Morgan fingerprint density at radius 1 is 1.42 bits per heavy atom. The van der Waals surface area contributed by atoms with Crippen LogP contribution in [0.2, 0.25) is 0 Å². The van der Waals surface area contributed by atoms with Crippen LogP contribution in [0, 0.1) is 6.92 Å². The third-order valence-electron chi connectivity index (χ3n) is 3.98. The van der Waals surface area contributed by atoms with E-state index in [0.29, 0.717) is 0 Å². The molecule has 0 aliphatic heterocycles. The fraction of sp³-hybridized carbons (Fsp3) is 0.438. The third-order valence-corrected chi connectivity index (χ3v) is 4.97. The van der Waals surface area contributed by atoms with Crippen LogP contribution in [-0.2, 0) is 6.42 Å².